The number of ether oxygens (including phenoxy) is 1. The lowest BCUT2D eigenvalue weighted by Crippen LogP contribution is -2.28. The SMILES string of the molecule is Cc1cccc(OCCNC(=O)c2cccc(NC(=O)c3ccco3)c2)c1. The highest BCUT2D eigenvalue weighted by atomic mass is 16.5. The number of anilines is 1. The molecule has 0 aliphatic heterocycles. The lowest BCUT2D eigenvalue weighted by atomic mass is 10.2. The Morgan fingerprint density at radius 3 is 2.63 bits per heavy atom. The highest BCUT2D eigenvalue weighted by Gasteiger charge is 2.11. The van der Waals surface area contributed by atoms with Crippen LogP contribution in [0.4, 0.5) is 5.69 Å². The summed E-state index contributed by atoms with van der Waals surface area (Å²) in [6.45, 7) is 2.73. The van der Waals surface area contributed by atoms with Crippen LogP contribution in [0.25, 0.3) is 0 Å². The second-order valence-corrected chi connectivity index (χ2v) is 5.93. The Balaban J connectivity index is 1.50. The first-order valence-corrected chi connectivity index (χ1v) is 8.54. The van der Waals surface area contributed by atoms with Crippen LogP contribution >= 0.6 is 0 Å². The zero-order valence-corrected chi connectivity index (χ0v) is 14.9. The van der Waals surface area contributed by atoms with Gasteiger partial charge in [0.2, 0.25) is 0 Å². The van der Waals surface area contributed by atoms with E-state index in [4.69, 9.17) is 9.15 Å². The molecule has 0 aliphatic rings. The van der Waals surface area contributed by atoms with Crippen molar-refractivity contribution < 1.29 is 18.7 Å². The fraction of sp³-hybridized carbons (Fsp3) is 0.143. The Bertz CT molecular complexity index is 919. The molecule has 0 saturated carbocycles. The molecule has 2 aromatic carbocycles. The van der Waals surface area contributed by atoms with Crippen molar-refractivity contribution in [3.63, 3.8) is 0 Å². The topological polar surface area (TPSA) is 80.6 Å². The third-order valence-corrected chi connectivity index (χ3v) is 3.77. The van der Waals surface area contributed by atoms with Crippen LogP contribution in [0.3, 0.4) is 0 Å². The lowest BCUT2D eigenvalue weighted by Gasteiger charge is -2.09. The summed E-state index contributed by atoms with van der Waals surface area (Å²) in [4.78, 5) is 24.3. The molecule has 1 heterocycles. The van der Waals surface area contributed by atoms with Crippen molar-refractivity contribution in [2.45, 2.75) is 6.92 Å². The molecule has 0 bridgehead atoms. The van der Waals surface area contributed by atoms with Gasteiger partial charge in [-0.05, 0) is 55.0 Å². The number of amides is 2. The molecule has 2 N–H and O–H groups in total. The summed E-state index contributed by atoms with van der Waals surface area (Å²) in [7, 11) is 0. The van der Waals surface area contributed by atoms with Gasteiger partial charge in [-0.2, -0.15) is 0 Å². The van der Waals surface area contributed by atoms with E-state index in [1.54, 1.807) is 36.4 Å². The van der Waals surface area contributed by atoms with Gasteiger partial charge in [-0.25, -0.2) is 0 Å². The number of benzene rings is 2. The Morgan fingerprint density at radius 2 is 1.85 bits per heavy atom. The molecule has 0 spiro atoms. The zero-order valence-electron chi connectivity index (χ0n) is 14.9. The van der Waals surface area contributed by atoms with Gasteiger partial charge in [0.15, 0.2) is 5.76 Å². The maximum Gasteiger partial charge on any atom is 0.291 e. The van der Waals surface area contributed by atoms with Gasteiger partial charge in [-0.3, -0.25) is 9.59 Å². The van der Waals surface area contributed by atoms with Crippen LogP contribution in [0.2, 0.25) is 0 Å². The average Bonchev–Trinajstić information content (AvgIpc) is 3.20. The van der Waals surface area contributed by atoms with Gasteiger partial charge >= 0.3 is 0 Å². The number of carbonyl (C=O) groups excluding carboxylic acids is 2. The van der Waals surface area contributed by atoms with E-state index in [9.17, 15) is 9.59 Å². The van der Waals surface area contributed by atoms with Crippen molar-refractivity contribution in [1.82, 2.24) is 5.32 Å². The van der Waals surface area contributed by atoms with Crippen LogP contribution in [0.5, 0.6) is 5.75 Å². The van der Waals surface area contributed by atoms with Gasteiger partial charge in [0.25, 0.3) is 11.8 Å². The first kappa shape index (κ1) is 18.3. The minimum Gasteiger partial charge on any atom is -0.492 e. The van der Waals surface area contributed by atoms with E-state index in [1.165, 1.54) is 6.26 Å². The normalized spacial score (nSPS) is 10.3. The third kappa shape index (κ3) is 5.22. The first-order valence-electron chi connectivity index (χ1n) is 8.54. The van der Waals surface area contributed by atoms with E-state index in [2.05, 4.69) is 10.6 Å². The third-order valence-electron chi connectivity index (χ3n) is 3.77. The van der Waals surface area contributed by atoms with Crippen molar-refractivity contribution in [3.8, 4) is 5.75 Å². The Hall–Kier alpha value is -3.54. The van der Waals surface area contributed by atoms with Gasteiger partial charge in [0.1, 0.15) is 12.4 Å². The molecule has 2 amide bonds. The number of nitrogens with one attached hydrogen (secondary N) is 2. The molecular formula is C21H20N2O4. The quantitative estimate of drug-likeness (QED) is 0.627. The predicted molar refractivity (Wildman–Crippen MR) is 102 cm³/mol. The van der Waals surface area contributed by atoms with Crippen LogP contribution in [0, 0.1) is 6.92 Å². The van der Waals surface area contributed by atoms with E-state index in [1.807, 2.05) is 31.2 Å². The van der Waals surface area contributed by atoms with Crippen LogP contribution in [-0.4, -0.2) is 25.0 Å². The van der Waals surface area contributed by atoms with E-state index in [-0.39, 0.29) is 17.6 Å². The van der Waals surface area contributed by atoms with Gasteiger partial charge in [0.05, 0.1) is 12.8 Å². The molecule has 138 valence electrons. The summed E-state index contributed by atoms with van der Waals surface area (Å²) < 4.78 is 10.7. The Morgan fingerprint density at radius 1 is 1.00 bits per heavy atom. The molecule has 27 heavy (non-hydrogen) atoms. The number of hydrogen-bond acceptors (Lipinski definition) is 4. The molecule has 3 aromatic rings. The van der Waals surface area contributed by atoms with Crippen LogP contribution in [-0.2, 0) is 0 Å². The van der Waals surface area contributed by atoms with Crippen LogP contribution < -0.4 is 15.4 Å². The summed E-state index contributed by atoms with van der Waals surface area (Å²) in [5, 5.41) is 5.49. The number of aryl methyl sites for hydroxylation is 1. The number of hydrogen-bond donors (Lipinski definition) is 2. The Kier molecular flexibility index (Phi) is 5.89. The molecular weight excluding hydrogens is 344 g/mol. The molecule has 3 rings (SSSR count). The highest BCUT2D eigenvalue weighted by molar-refractivity contribution is 6.03. The molecule has 0 radical (unpaired) electrons. The molecule has 0 saturated heterocycles. The number of furan rings is 1. The second-order valence-electron chi connectivity index (χ2n) is 5.93. The van der Waals surface area contributed by atoms with E-state index >= 15 is 0 Å². The molecule has 6 heteroatoms. The van der Waals surface area contributed by atoms with Gasteiger partial charge in [-0.15, -0.1) is 0 Å². The minimum atomic E-state index is -0.371. The summed E-state index contributed by atoms with van der Waals surface area (Å²) in [5.74, 6) is 0.367. The van der Waals surface area contributed by atoms with Gasteiger partial charge < -0.3 is 19.8 Å². The molecule has 1 aromatic heterocycles. The average molecular weight is 364 g/mol. The lowest BCUT2D eigenvalue weighted by molar-refractivity contribution is 0.0945. The molecule has 0 fully saturated rings. The van der Waals surface area contributed by atoms with Crippen molar-refractivity contribution in [2.24, 2.45) is 0 Å². The fourth-order valence-corrected chi connectivity index (χ4v) is 2.48. The monoisotopic (exact) mass is 364 g/mol. The standard InChI is InChI=1S/C21H20N2O4/c1-15-5-2-8-18(13-15)26-12-10-22-20(24)16-6-3-7-17(14-16)23-21(25)19-9-4-11-27-19/h2-9,11,13-14H,10,12H2,1H3,(H,22,24)(H,23,25). The maximum atomic E-state index is 12.3. The van der Waals surface area contributed by atoms with Crippen molar-refractivity contribution >= 4 is 17.5 Å². The maximum absolute atomic E-state index is 12.3. The van der Waals surface area contributed by atoms with Gasteiger partial charge in [0, 0.05) is 11.3 Å². The van der Waals surface area contributed by atoms with Crippen LogP contribution in [0.1, 0.15) is 26.5 Å². The minimum absolute atomic E-state index is 0.207. The Labute approximate surface area is 157 Å². The smallest absolute Gasteiger partial charge is 0.291 e. The fourth-order valence-electron chi connectivity index (χ4n) is 2.48. The summed E-state index contributed by atoms with van der Waals surface area (Å²) in [5.41, 5.74) is 2.08. The van der Waals surface area contributed by atoms with E-state index in [0.717, 1.165) is 11.3 Å². The first-order chi connectivity index (χ1) is 13.1. The van der Waals surface area contributed by atoms with Crippen molar-refractivity contribution in [2.75, 3.05) is 18.5 Å². The van der Waals surface area contributed by atoms with Crippen molar-refractivity contribution in [1.29, 1.82) is 0 Å². The van der Waals surface area contributed by atoms with E-state index < -0.39 is 0 Å². The van der Waals surface area contributed by atoms with Crippen molar-refractivity contribution in [3.05, 3.63) is 83.8 Å². The molecule has 6 nitrogen and oxygen atoms in total. The second kappa shape index (κ2) is 8.71. The summed E-state index contributed by atoms with van der Waals surface area (Å²) in [6.07, 6.45) is 1.43. The number of carbonyl (C=O) groups is 2. The zero-order chi connectivity index (χ0) is 19.1. The predicted octanol–water partition coefficient (Wildman–Crippen LogP) is 3.65. The molecule has 0 unspecified atom stereocenters. The molecule has 0 aliphatic carbocycles. The number of rotatable bonds is 7. The summed E-state index contributed by atoms with van der Waals surface area (Å²) in [6, 6.07) is 17.6. The van der Waals surface area contributed by atoms with Gasteiger partial charge in [-0.1, -0.05) is 18.2 Å². The highest BCUT2D eigenvalue weighted by Crippen LogP contribution is 2.13. The largest absolute Gasteiger partial charge is 0.492 e. The van der Waals surface area contributed by atoms with E-state index in [0.29, 0.717) is 24.4 Å². The van der Waals surface area contributed by atoms with Crippen LogP contribution in [0.15, 0.2) is 71.3 Å². The molecule has 0 atom stereocenters. The summed E-state index contributed by atoms with van der Waals surface area (Å²) >= 11 is 0.